The standard InChI is InChI=1S/C13H17N3O/c1-9-16-12-6-10(2-3-13(12)17-9)7-15-11-4-5-14-8-11/h2-3,6,11,14-15H,4-5,7-8H2,1H3. The van der Waals surface area contributed by atoms with Crippen LogP contribution < -0.4 is 10.6 Å². The monoisotopic (exact) mass is 231 g/mol. The molecular weight excluding hydrogens is 214 g/mol. The Balaban J connectivity index is 1.71. The Kier molecular flexibility index (Phi) is 2.82. The predicted molar refractivity (Wildman–Crippen MR) is 66.9 cm³/mol. The Labute approximate surface area is 100 Å². The third-order valence-corrected chi connectivity index (χ3v) is 3.21. The molecule has 2 heterocycles. The highest BCUT2D eigenvalue weighted by Gasteiger charge is 2.13. The molecule has 1 atom stereocenters. The quantitative estimate of drug-likeness (QED) is 0.842. The third kappa shape index (κ3) is 2.33. The van der Waals surface area contributed by atoms with Crippen molar-refractivity contribution >= 4 is 11.1 Å². The minimum absolute atomic E-state index is 0.602. The summed E-state index contributed by atoms with van der Waals surface area (Å²) >= 11 is 0. The first-order chi connectivity index (χ1) is 8.31. The van der Waals surface area contributed by atoms with Gasteiger partial charge in [-0.1, -0.05) is 6.07 Å². The number of aromatic nitrogens is 1. The number of rotatable bonds is 3. The number of nitrogens with one attached hydrogen (secondary N) is 2. The molecule has 1 aliphatic rings. The number of fused-ring (bicyclic) bond motifs is 1. The van der Waals surface area contributed by atoms with Crippen LogP contribution in [0.25, 0.3) is 11.1 Å². The molecule has 3 rings (SSSR count). The Morgan fingerprint density at radius 1 is 1.53 bits per heavy atom. The second kappa shape index (κ2) is 4.47. The van der Waals surface area contributed by atoms with E-state index in [0.29, 0.717) is 6.04 Å². The first-order valence-electron chi connectivity index (χ1n) is 6.11. The molecule has 0 spiro atoms. The van der Waals surface area contributed by atoms with Gasteiger partial charge in [-0.05, 0) is 30.7 Å². The van der Waals surface area contributed by atoms with Crippen molar-refractivity contribution in [2.45, 2.75) is 25.9 Å². The van der Waals surface area contributed by atoms with Crippen molar-refractivity contribution in [2.24, 2.45) is 0 Å². The van der Waals surface area contributed by atoms with Gasteiger partial charge in [0.2, 0.25) is 0 Å². The van der Waals surface area contributed by atoms with E-state index >= 15 is 0 Å². The van der Waals surface area contributed by atoms with Gasteiger partial charge in [0, 0.05) is 26.1 Å². The maximum Gasteiger partial charge on any atom is 0.192 e. The molecule has 1 saturated heterocycles. The van der Waals surface area contributed by atoms with E-state index in [0.717, 1.165) is 36.6 Å². The lowest BCUT2D eigenvalue weighted by atomic mass is 10.2. The van der Waals surface area contributed by atoms with Crippen molar-refractivity contribution in [3.05, 3.63) is 29.7 Å². The van der Waals surface area contributed by atoms with Gasteiger partial charge >= 0.3 is 0 Å². The fourth-order valence-corrected chi connectivity index (χ4v) is 2.29. The molecule has 0 saturated carbocycles. The smallest absolute Gasteiger partial charge is 0.192 e. The molecule has 4 heteroatoms. The van der Waals surface area contributed by atoms with Gasteiger partial charge < -0.3 is 15.1 Å². The van der Waals surface area contributed by atoms with Crippen LogP contribution >= 0.6 is 0 Å². The Bertz CT molecular complexity index is 514. The number of benzene rings is 1. The normalized spacial score (nSPS) is 20.2. The van der Waals surface area contributed by atoms with Crippen molar-refractivity contribution in [2.75, 3.05) is 13.1 Å². The van der Waals surface area contributed by atoms with Crippen LogP contribution in [0.2, 0.25) is 0 Å². The van der Waals surface area contributed by atoms with Crippen LogP contribution in [0.1, 0.15) is 17.9 Å². The molecule has 0 radical (unpaired) electrons. The molecule has 1 unspecified atom stereocenters. The van der Waals surface area contributed by atoms with Crippen molar-refractivity contribution in [1.82, 2.24) is 15.6 Å². The number of hydrogen-bond donors (Lipinski definition) is 2. The number of nitrogens with zero attached hydrogens (tertiary/aromatic N) is 1. The van der Waals surface area contributed by atoms with Gasteiger partial charge in [-0.25, -0.2) is 4.98 Å². The third-order valence-electron chi connectivity index (χ3n) is 3.21. The highest BCUT2D eigenvalue weighted by atomic mass is 16.3. The number of oxazole rings is 1. The van der Waals surface area contributed by atoms with Crippen molar-refractivity contribution in [3.8, 4) is 0 Å². The summed E-state index contributed by atoms with van der Waals surface area (Å²) in [6.07, 6.45) is 1.21. The van der Waals surface area contributed by atoms with Crippen LogP contribution in [-0.2, 0) is 6.54 Å². The molecule has 4 nitrogen and oxygen atoms in total. The van der Waals surface area contributed by atoms with Crippen LogP contribution in [0.3, 0.4) is 0 Å². The van der Waals surface area contributed by atoms with Crippen LogP contribution in [0.5, 0.6) is 0 Å². The summed E-state index contributed by atoms with van der Waals surface area (Å²) in [6, 6.07) is 6.80. The summed E-state index contributed by atoms with van der Waals surface area (Å²) in [5, 5.41) is 6.90. The fraction of sp³-hybridized carbons (Fsp3) is 0.462. The summed E-state index contributed by atoms with van der Waals surface area (Å²) in [5.74, 6) is 0.727. The van der Waals surface area contributed by atoms with Crippen LogP contribution in [-0.4, -0.2) is 24.1 Å². The second-order valence-corrected chi connectivity index (χ2v) is 4.61. The molecule has 17 heavy (non-hydrogen) atoms. The largest absolute Gasteiger partial charge is 0.441 e. The summed E-state index contributed by atoms with van der Waals surface area (Å²) in [7, 11) is 0. The van der Waals surface area contributed by atoms with E-state index in [9.17, 15) is 0 Å². The van der Waals surface area contributed by atoms with Gasteiger partial charge in [-0.2, -0.15) is 0 Å². The molecular formula is C13H17N3O. The zero-order valence-electron chi connectivity index (χ0n) is 9.99. The van der Waals surface area contributed by atoms with E-state index < -0.39 is 0 Å². The van der Waals surface area contributed by atoms with Gasteiger partial charge in [0.1, 0.15) is 5.52 Å². The average molecular weight is 231 g/mol. The molecule has 1 aromatic carbocycles. The maximum atomic E-state index is 5.46. The van der Waals surface area contributed by atoms with Crippen molar-refractivity contribution in [1.29, 1.82) is 0 Å². The van der Waals surface area contributed by atoms with E-state index in [-0.39, 0.29) is 0 Å². The maximum absolute atomic E-state index is 5.46. The van der Waals surface area contributed by atoms with Gasteiger partial charge in [-0.3, -0.25) is 0 Å². The summed E-state index contributed by atoms with van der Waals surface area (Å²) in [6.45, 7) is 4.97. The molecule has 0 aliphatic carbocycles. The summed E-state index contributed by atoms with van der Waals surface area (Å²) in [5.41, 5.74) is 3.08. The van der Waals surface area contributed by atoms with E-state index in [1.165, 1.54) is 12.0 Å². The predicted octanol–water partition coefficient (Wildman–Crippen LogP) is 1.59. The molecule has 0 bridgehead atoms. The van der Waals surface area contributed by atoms with Crippen LogP contribution in [0.4, 0.5) is 0 Å². The zero-order valence-corrected chi connectivity index (χ0v) is 9.99. The lowest BCUT2D eigenvalue weighted by Gasteiger charge is -2.10. The summed E-state index contributed by atoms with van der Waals surface area (Å²) < 4.78 is 5.46. The van der Waals surface area contributed by atoms with E-state index in [1.54, 1.807) is 0 Å². The molecule has 2 N–H and O–H groups in total. The van der Waals surface area contributed by atoms with Crippen molar-refractivity contribution in [3.63, 3.8) is 0 Å². The van der Waals surface area contributed by atoms with E-state index in [1.807, 2.05) is 13.0 Å². The second-order valence-electron chi connectivity index (χ2n) is 4.61. The topological polar surface area (TPSA) is 50.1 Å². The van der Waals surface area contributed by atoms with Crippen LogP contribution in [0, 0.1) is 6.92 Å². The fourth-order valence-electron chi connectivity index (χ4n) is 2.29. The summed E-state index contributed by atoms with van der Waals surface area (Å²) in [4.78, 5) is 4.35. The Morgan fingerprint density at radius 2 is 2.47 bits per heavy atom. The highest BCUT2D eigenvalue weighted by Crippen LogP contribution is 2.16. The molecule has 1 fully saturated rings. The van der Waals surface area contributed by atoms with Crippen LogP contribution in [0.15, 0.2) is 22.6 Å². The first-order valence-corrected chi connectivity index (χ1v) is 6.11. The lowest BCUT2D eigenvalue weighted by molar-refractivity contribution is 0.547. The zero-order chi connectivity index (χ0) is 11.7. The van der Waals surface area contributed by atoms with Crippen molar-refractivity contribution < 1.29 is 4.42 Å². The molecule has 2 aromatic rings. The lowest BCUT2D eigenvalue weighted by Crippen LogP contribution is -2.30. The first kappa shape index (κ1) is 10.7. The Morgan fingerprint density at radius 3 is 3.29 bits per heavy atom. The van der Waals surface area contributed by atoms with Gasteiger partial charge in [0.05, 0.1) is 0 Å². The number of hydrogen-bond acceptors (Lipinski definition) is 4. The minimum Gasteiger partial charge on any atom is -0.441 e. The Hall–Kier alpha value is -1.39. The van der Waals surface area contributed by atoms with E-state index in [4.69, 9.17) is 4.42 Å². The van der Waals surface area contributed by atoms with Gasteiger partial charge in [0.25, 0.3) is 0 Å². The molecule has 0 amide bonds. The average Bonchev–Trinajstić information content (AvgIpc) is 2.92. The number of aryl methyl sites for hydroxylation is 1. The minimum atomic E-state index is 0.602. The molecule has 90 valence electrons. The van der Waals surface area contributed by atoms with Gasteiger partial charge in [-0.15, -0.1) is 0 Å². The molecule has 1 aromatic heterocycles. The SMILES string of the molecule is Cc1nc2cc(CNC3CCNC3)ccc2o1. The molecule has 1 aliphatic heterocycles. The van der Waals surface area contributed by atoms with E-state index in [2.05, 4.69) is 27.8 Å². The van der Waals surface area contributed by atoms with Gasteiger partial charge in [0.15, 0.2) is 11.5 Å². The highest BCUT2D eigenvalue weighted by molar-refractivity contribution is 5.73.